The lowest BCUT2D eigenvalue weighted by Gasteiger charge is -2.11. The lowest BCUT2D eigenvalue weighted by molar-refractivity contribution is -0.140. The average Bonchev–Trinajstić information content (AvgIpc) is 2.66. The molecule has 0 N–H and O–H groups in total. The van der Waals surface area contributed by atoms with Crippen LogP contribution in [0, 0.1) is 4.91 Å². The lowest BCUT2D eigenvalue weighted by atomic mass is 10.2. The van der Waals surface area contributed by atoms with Crippen LogP contribution >= 0.6 is 15.9 Å². The summed E-state index contributed by atoms with van der Waals surface area (Å²) in [6.45, 7) is 5.28. The molecule has 0 aliphatic rings. The number of rotatable bonds is 1. The number of hydrogen-bond acceptors (Lipinski definition) is 6. The molecule has 11 heteroatoms. The first-order chi connectivity index (χ1) is 9.54. The molecule has 0 unspecified atom stereocenters. The Hall–Kier alpha value is -1.78. The van der Waals surface area contributed by atoms with Crippen molar-refractivity contribution in [2.75, 3.05) is 0 Å². The van der Waals surface area contributed by atoms with Crippen LogP contribution in [0.1, 0.15) is 26.5 Å². The first kappa shape index (κ1) is 17.3. The smallest absolute Gasteiger partial charge is 0.358 e. The maximum absolute atomic E-state index is 12.4. The van der Waals surface area contributed by atoms with Gasteiger partial charge in [0.15, 0.2) is 16.7 Å². The van der Waals surface area contributed by atoms with Gasteiger partial charge >= 0.3 is 6.18 Å². The largest absolute Gasteiger partial charge is 0.437 e. The molecule has 0 amide bonds. The van der Waals surface area contributed by atoms with E-state index in [2.05, 4.69) is 41.2 Å². The van der Waals surface area contributed by atoms with Crippen LogP contribution in [0.3, 0.4) is 0 Å². The molecule has 116 valence electrons. The summed E-state index contributed by atoms with van der Waals surface area (Å²) in [6.07, 6.45) is -2.20. The topological polar surface area (TPSA) is 81.7 Å². The molecule has 0 radical (unpaired) electrons. The van der Waals surface area contributed by atoms with Crippen LogP contribution in [-0.4, -0.2) is 25.2 Å². The van der Waals surface area contributed by atoms with Crippen LogP contribution in [0.15, 0.2) is 22.5 Å². The highest BCUT2D eigenvalue weighted by molar-refractivity contribution is 9.10. The van der Waals surface area contributed by atoms with Crippen molar-refractivity contribution < 1.29 is 18.0 Å². The monoisotopic (exact) mass is 369 g/mol. The normalized spacial score (nSPS) is 11.8. The van der Waals surface area contributed by atoms with E-state index in [0.717, 1.165) is 10.7 Å². The number of halogens is 4. The zero-order chi connectivity index (χ0) is 16.3. The van der Waals surface area contributed by atoms with Crippen molar-refractivity contribution in [2.45, 2.75) is 32.5 Å². The molecule has 21 heavy (non-hydrogen) atoms. The van der Waals surface area contributed by atoms with Gasteiger partial charge in [-0.3, -0.25) is 0 Å². The van der Waals surface area contributed by atoms with Gasteiger partial charge in [-0.15, -0.1) is 10.0 Å². The van der Waals surface area contributed by atoms with E-state index in [9.17, 15) is 18.1 Å². The highest BCUT2D eigenvalue weighted by atomic mass is 79.9. The van der Waals surface area contributed by atoms with Crippen molar-refractivity contribution in [1.82, 2.24) is 19.6 Å². The van der Waals surface area contributed by atoms with Gasteiger partial charge in [0, 0.05) is 12.4 Å². The summed E-state index contributed by atoms with van der Waals surface area (Å²) in [5.41, 5.74) is -1.79. The van der Waals surface area contributed by atoms with Crippen LogP contribution in [0.5, 0.6) is 0 Å². The molecule has 0 atom stereocenters. The highest BCUT2D eigenvalue weighted by Crippen LogP contribution is 2.29. The van der Waals surface area contributed by atoms with Gasteiger partial charge in [0.1, 0.15) is 5.60 Å². The van der Waals surface area contributed by atoms with Gasteiger partial charge in [-0.1, -0.05) is 0 Å². The van der Waals surface area contributed by atoms with Crippen molar-refractivity contribution in [1.29, 1.82) is 0 Å². The van der Waals surface area contributed by atoms with E-state index in [-0.39, 0.29) is 10.4 Å². The Bertz CT molecular complexity index is 623. The first-order valence-corrected chi connectivity index (χ1v) is 6.29. The van der Waals surface area contributed by atoms with E-state index >= 15 is 0 Å². The molecule has 0 saturated heterocycles. The van der Waals surface area contributed by atoms with Crippen molar-refractivity contribution in [3.63, 3.8) is 0 Å². The number of fused-ring (bicyclic) bond motifs is 1. The summed E-state index contributed by atoms with van der Waals surface area (Å²) in [5.74, 6) is 0. The fraction of sp³-hybridized carbons (Fsp3) is 0.500. The van der Waals surface area contributed by atoms with E-state index in [1.807, 2.05) is 0 Å². The zero-order valence-corrected chi connectivity index (χ0v) is 12.8. The Morgan fingerprint density at radius 3 is 2.38 bits per heavy atom. The molecule has 0 aliphatic heterocycles. The number of aromatic nitrogens is 4. The molecule has 7 nitrogen and oxygen atoms in total. The summed E-state index contributed by atoms with van der Waals surface area (Å²) in [7, 11) is 0. The molecule has 0 aliphatic carbocycles. The second kappa shape index (κ2) is 6.33. The molecule has 0 bridgehead atoms. The summed E-state index contributed by atoms with van der Waals surface area (Å²) < 4.78 is 38.2. The van der Waals surface area contributed by atoms with Crippen LogP contribution in [0.25, 0.3) is 5.65 Å². The second-order valence-corrected chi connectivity index (χ2v) is 5.41. The molecule has 2 heterocycles. The Balaban J connectivity index is 0.000000270. The molecule has 0 saturated carbocycles. The van der Waals surface area contributed by atoms with Gasteiger partial charge < -0.3 is 4.84 Å². The Morgan fingerprint density at radius 2 is 1.95 bits per heavy atom. The van der Waals surface area contributed by atoms with Gasteiger partial charge in [-0.2, -0.15) is 18.2 Å². The van der Waals surface area contributed by atoms with Gasteiger partial charge in [0.05, 0.1) is 0 Å². The summed E-state index contributed by atoms with van der Waals surface area (Å²) in [4.78, 5) is 20.4. The van der Waals surface area contributed by atoms with E-state index in [4.69, 9.17) is 0 Å². The van der Waals surface area contributed by atoms with E-state index in [1.54, 1.807) is 20.8 Å². The maximum atomic E-state index is 12.4. The SMILES string of the molecule is CC(C)(C)ON=O.FC(F)(F)c1nccn2nc(Br)nc12. The summed E-state index contributed by atoms with van der Waals surface area (Å²) in [5, 5.41) is 5.93. The average molecular weight is 370 g/mol. The van der Waals surface area contributed by atoms with Gasteiger partial charge in [-0.25, -0.2) is 9.50 Å². The third-order valence-electron chi connectivity index (χ3n) is 1.81. The van der Waals surface area contributed by atoms with E-state index in [1.165, 1.54) is 6.20 Å². The minimum absolute atomic E-state index is 0.0935. The minimum atomic E-state index is -4.52. The second-order valence-electron chi connectivity index (χ2n) is 4.70. The number of nitrogens with zero attached hydrogens (tertiary/aromatic N) is 5. The molecule has 0 aromatic carbocycles. The zero-order valence-electron chi connectivity index (χ0n) is 11.2. The van der Waals surface area contributed by atoms with E-state index in [0.29, 0.717) is 0 Å². The van der Waals surface area contributed by atoms with E-state index < -0.39 is 17.5 Å². The standard InChI is InChI=1S/C6H2BrF3N4.C4H9NO2/c7-5-12-4-3(6(8,9)10)11-1-2-14(4)13-5;1-4(2,3)7-5-6/h1-2H;1-3H3. The molecule has 2 aromatic rings. The summed E-state index contributed by atoms with van der Waals surface area (Å²) >= 11 is 2.89. The fourth-order valence-corrected chi connectivity index (χ4v) is 1.44. The molecular formula is C10H11BrF3N5O2. The Labute approximate surface area is 125 Å². The molecule has 0 spiro atoms. The summed E-state index contributed by atoms with van der Waals surface area (Å²) in [6, 6.07) is 0. The van der Waals surface area contributed by atoms with Crippen LogP contribution in [0.4, 0.5) is 13.2 Å². The number of hydrogen-bond donors (Lipinski definition) is 0. The molecule has 2 aromatic heterocycles. The third-order valence-corrected chi connectivity index (χ3v) is 2.14. The predicted molar refractivity (Wildman–Crippen MR) is 70.1 cm³/mol. The van der Waals surface area contributed by atoms with Crippen molar-refractivity contribution >= 4 is 21.6 Å². The quantitative estimate of drug-likeness (QED) is 0.568. The third kappa shape index (κ3) is 5.25. The fourth-order valence-electron chi connectivity index (χ4n) is 1.10. The van der Waals surface area contributed by atoms with Gasteiger partial charge in [0.2, 0.25) is 4.73 Å². The highest BCUT2D eigenvalue weighted by Gasteiger charge is 2.36. The molecule has 0 fully saturated rings. The number of alkyl halides is 3. The van der Waals surface area contributed by atoms with Gasteiger partial charge in [0.25, 0.3) is 0 Å². The van der Waals surface area contributed by atoms with Crippen LogP contribution < -0.4 is 0 Å². The van der Waals surface area contributed by atoms with Gasteiger partial charge in [-0.05, 0) is 36.7 Å². The lowest BCUT2D eigenvalue weighted by Crippen LogP contribution is -2.14. The Kier molecular flexibility index (Phi) is 5.20. The maximum Gasteiger partial charge on any atom is 0.437 e. The van der Waals surface area contributed by atoms with Crippen molar-refractivity contribution in [2.24, 2.45) is 5.34 Å². The van der Waals surface area contributed by atoms with Crippen LogP contribution in [-0.2, 0) is 11.0 Å². The molecular weight excluding hydrogens is 359 g/mol. The molecule has 2 rings (SSSR count). The van der Waals surface area contributed by atoms with Crippen molar-refractivity contribution in [3.8, 4) is 0 Å². The minimum Gasteiger partial charge on any atom is -0.358 e. The Morgan fingerprint density at radius 1 is 1.33 bits per heavy atom. The predicted octanol–water partition coefficient (Wildman–Crippen LogP) is 3.39. The van der Waals surface area contributed by atoms with Crippen molar-refractivity contribution in [3.05, 3.63) is 27.7 Å². The first-order valence-electron chi connectivity index (χ1n) is 5.49. The van der Waals surface area contributed by atoms with Crippen LogP contribution in [0.2, 0.25) is 0 Å².